The van der Waals surface area contributed by atoms with Crippen LogP contribution in [0.15, 0.2) is 23.2 Å². The fourth-order valence-electron chi connectivity index (χ4n) is 1.89. The maximum atomic E-state index is 6.02. The number of hydrogen-bond acceptors (Lipinski definition) is 5. The minimum atomic E-state index is 0.595. The van der Waals surface area contributed by atoms with Crippen LogP contribution in [0.3, 0.4) is 0 Å². The number of anilines is 1. The average Bonchev–Trinajstić information content (AvgIpc) is 2.77. The number of thioether (sulfide) groups is 1. The Labute approximate surface area is 116 Å². The topological polar surface area (TPSA) is 62.3 Å². The van der Waals surface area contributed by atoms with Crippen LogP contribution in [-0.4, -0.2) is 30.3 Å². The number of aryl methyl sites for hydroxylation is 1. The van der Waals surface area contributed by atoms with Gasteiger partial charge in [0.05, 0.1) is 25.3 Å². The Morgan fingerprint density at radius 1 is 1.16 bits per heavy atom. The third kappa shape index (κ3) is 2.35. The number of methoxy groups -OCH3 is 2. The van der Waals surface area contributed by atoms with Gasteiger partial charge in [-0.05, 0) is 18.4 Å². The predicted octanol–water partition coefficient (Wildman–Crippen LogP) is 2.41. The predicted molar refractivity (Wildman–Crippen MR) is 77.9 cm³/mol. The molecule has 102 valence electrons. The molecule has 1 aromatic heterocycles. The van der Waals surface area contributed by atoms with Crippen LogP contribution in [0.2, 0.25) is 0 Å². The molecule has 0 amide bonds. The van der Waals surface area contributed by atoms with E-state index in [0.29, 0.717) is 5.82 Å². The monoisotopic (exact) mass is 279 g/mol. The Morgan fingerprint density at radius 2 is 1.84 bits per heavy atom. The van der Waals surface area contributed by atoms with E-state index in [9.17, 15) is 0 Å². The lowest BCUT2D eigenvalue weighted by Gasteiger charge is -2.13. The summed E-state index contributed by atoms with van der Waals surface area (Å²) in [5.74, 6) is 2.15. The van der Waals surface area contributed by atoms with Crippen molar-refractivity contribution in [3.63, 3.8) is 0 Å². The minimum absolute atomic E-state index is 0.595. The Hall–Kier alpha value is -1.82. The Morgan fingerprint density at radius 3 is 2.32 bits per heavy atom. The summed E-state index contributed by atoms with van der Waals surface area (Å²) in [5, 5.41) is 4.16. The van der Waals surface area contributed by atoms with Gasteiger partial charge in [0, 0.05) is 18.2 Å². The van der Waals surface area contributed by atoms with E-state index in [1.807, 2.05) is 18.4 Å². The van der Waals surface area contributed by atoms with Gasteiger partial charge in [-0.3, -0.25) is 4.68 Å². The van der Waals surface area contributed by atoms with E-state index in [-0.39, 0.29) is 0 Å². The molecule has 0 radical (unpaired) electrons. The molecule has 1 aromatic carbocycles. The molecular weight excluding hydrogens is 262 g/mol. The zero-order valence-electron chi connectivity index (χ0n) is 11.4. The number of hydrogen-bond donors (Lipinski definition) is 1. The number of nitrogens with two attached hydrogens (primary N) is 1. The van der Waals surface area contributed by atoms with Crippen LogP contribution >= 0.6 is 11.8 Å². The Kier molecular flexibility index (Phi) is 3.90. The molecule has 0 aliphatic carbocycles. The highest BCUT2D eigenvalue weighted by Crippen LogP contribution is 2.41. The molecule has 0 atom stereocenters. The van der Waals surface area contributed by atoms with E-state index in [2.05, 4.69) is 5.10 Å². The third-order valence-corrected chi connectivity index (χ3v) is 3.74. The second-order valence-corrected chi connectivity index (χ2v) is 4.82. The van der Waals surface area contributed by atoms with E-state index < -0.39 is 0 Å². The van der Waals surface area contributed by atoms with Crippen LogP contribution in [0, 0.1) is 0 Å². The number of nitrogen functional groups attached to an aromatic ring is 1. The molecule has 0 aliphatic rings. The van der Waals surface area contributed by atoms with Gasteiger partial charge >= 0.3 is 0 Å². The van der Waals surface area contributed by atoms with Crippen molar-refractivity contribution in [1.29, 1.82) is 0 Å². The molecule has 0 saturated carbocycles. The number of aromatic nitrogens is 2. The van der Waals surface area contributed by atoms with Crippen LogP contribution in [0.25, 0.3) is 11.1 Å². The van der Waals surface area contributed by atoms with E-state index in [0.717, 1.165) is 27.5 Å². The summed E-state index contributed by atoms with van der Waals surface area (Å²) in [4.78, 5) is 1.02. The Bertz CT molecular complexity index is 596. The zero-order chi connectivity index (χ0) is 14.0. The molecular formula is C13H17N3O2S. The lowest BCUT2D eigenvalue weighted by atomic mass is 10.1. The molecule has 19 heavy (non-hydrogen) atoms. The first-order chi connectivity index (χ1) is 9.12. The summed E-state index contributed by atoms with van der Waals surface area (Å²) >= 11 is 1.61. The first kappa shape index (κ1) is 13.6. The third-order valence-electron chi connectivity index (χ3n) is 2.98. The van der Waals surface area contributed by atoms with Crippen LogP contribution in [0.4, 0.5) is 5.82 Å². The van der Waals surface area contributed by atoms with Crippen molar-refractivity contribution < 1.29 is 9.47 Å². The highest BCUT2D eigenvalue weighted by atomic mass is 32.2. The second-order valence-electron chi connectivity index (χ2n) is 3.97. The van der Waals surface area contributed by atoms with Crippen molar-refractivity contribution in [3.05, 3.63) is 18.3 Å². The second kappa shape index (κ2) is 5.44. The molecule has 6 heteroatoms. The van der Waals surface area contributed by atoms with Crippen LogP contribution in [0.5, 0.6) is 11.5 Å². The van der Waals surface area contributed by atoms with Crippen molar-refractivity contribution in [2.75, 3.05) is 26.2 Å². The van der Waals surface area contributed by atoms with Gasteiger partial charge in [-0.25, -0.2) is 0 Å². The molecule has 0 saturated heterocycles. The van der Waals surface area contributed by atoms with Gasteiger partial charge in [0.25, 0.3) is 0 Å². The highest BCUT2D eigenvalue weighted by molar-refractivity contribution is 7.98. The van der Waals surface area contributed by atoms with Gasteiger partial charge in [0.1, 0.15) is 17.3 Å². The number of nitrogens with zero attached hydrogens (tertiary/aromatic N) is 2. The first-order valence-electron chi connectivity index (χ1n) is 5.70. The van der Waals surface area contributed by atoms with Gasteiger partial charge in [0.2, 0.25) is 0 Å². The first-order valence-corrected chi connectivity index (χ1v) is 6.92. The lowest BCUT2D eigenvalue weighted by Crippen LogP contribution is -1.99. The SMILES string of the molecule is COc1cc(-c2cnn(C)c2N)c(OC)cc1SC. The van der Waals surface area contributed by atoms with Gasteiger partial charge < -0.3 is 15.2 Å². The molecule has 2 rings (SSSR count). The molecule has 0 aliphatic heterocycles. The molecule has 0 bridgehead atoms. The van der Waals surface area contributed by atoms with Gasteiger partial charge in [0.15, 0.2) is 0 Å². The van der Waals surface area contributed by atoms with Gasteiger partial charge in [-0.15, -0.1) is 11.8 Å². The maximum Gasteiger partial charge on any atom is 0.133 e. The summed E-state index contributed by atoms with van der Waals surface area (Å²) in [6, 6.07) is 3.88. The van der Waals surface area contributed by atoms with Gasteiger partial charge in [-0.1, -0.05) is 0 Å². The summed E-state index contributed by atoms with van der Waals surface area (Å²) in [6.07, 6.45) is 3.72. The molecule has 0 spiro atoms. The van der Waals surface area contributed by atoms with Crippen LogP contribution < -0.4 is 15.2 Å². The summed E-state index contributed by atoms with van der Waals surface area (Å²) in [5.41, 5.74) is 7.73. The number of ether oxygens (including phenoxy) is 2. The summed E-state index contributed by atoms with van der Waals surface area (Å²) in [7, 11) is 5.10. The number of benzene rings is 1. The molecule has 1 heterocycles. The normalized spacial score (nSPS) is 10.5. The maximum absolute atomic E-state index is 6.02. The van der Waals surface area contributed by atoms with Gasteiger partial charge in [-0.2, -0.15) is 5.10 Å². The fourth-order valence-corrected chi connectivity index (χ4v) is 2.46. The van der Waals surface area contributed by atoms with Crippen molar-refractivity contribution in [3.8, 4) is 22.6 Å². The highest BCUT2D eigenvalue weighted by Gasteiger charge is 2.16. The largest absolute Gasteiger partial charge is 0.496 e. The number of rotatable bonds is 4. The standard InChI is InChI=1S/C13H17N3O2S/c1-16-13(14)9(7-15-16)8-5-11(18-3)12(19-4)6-10(8)17-2/h5-7H,14H2,1-4H3. The van der Waals surface area contributed by atoms with E-state index in [1.165, 1.54) is 0 Å². The van der Waals surface area contributed by atoms with Crippen molar-refractivity contribution in [2.45, 2.75) is 4.90 Å². The molecule has 2 N–H and O–H groups in total. The summed E-state index contributed by atoms with van der Waals surface area (Å²) < 4.78 is 12.5. The van der Waals surface area contributed by atoms with E-state index in [4.69, 9.17) is 15.2 Å². The smallest absolute Gasteiger partial charge is 0.133 e. The van der Waals surface area contributed by atoms with E-state index in [1.54, 1.807) is 43.9 Å². The molecule has 0 unspecified atom stereocenters. The average molecular weight is 279 g/mol. The van der Waals surface area contributed by atoms with Crippen molar-refractivity contribution in [1.82, 2.24) is 9.78 Å². The van der Waals surface area contributed by atoms with E-state index >= 15 is 0 Å². The van der Waals surface area contributed by atoms with Crippen molar-refractivity contribution in [2.24, 2.45) is 7.05 Å². The molecule has 2 aromatic rings. The minimum Gasteiger partial charge on any atom is -0.496 e. The lowest BCUT2D eigenvalue weighted by molar-refractivity contribution is 0.395. The van der Waals surface area contributed by atoms with Crippen LogP contribution in [0.1, 0.15) is 0 Å². The fraction of sp³-hybridized carbons (Fsp3) is 0.308. The van der Waals surface area contributed by atoms with Crippen molar-refractivity contribution >= 4 is 17.6 Å². The summed E-state index contributed by atoms with van der Waals surface area (Å²) in [6.45, 7) is 0. The zero-order valence-corrected chi connectivity index (χ0v) is 12.2. The quantitative estimate of drug-likeness (QED) is 0.871. The Balaban J connectivity index is 2.65. The molecule has 5 nitrogen and oxygen atoms in total. The molecule has 0 fully saturated rings. The van der Waals surface area contributed by atoms with Crippen LogP contribution in [-0.2, 0) is 7.05 Å².